The highest BCUT2D eigenvalue weighted by atomic mass is 19.1. The van der Waals surface area contributed by atoms with Crippen LogP contribution in [0.15, 0.2) is 30.6 Å². The fourth-order valence-corrected chi connectivity index (χ4v) is 2.35. The van der Waals surface area contributed by atoms with Gasteiger partial charge in [-0.2, -0.15) is 10.1 Å². The molecule has 0 spiro atoms. The molecule has 9 heteroatoms. The summed E-state index contributed by atoms with van der Waals surface area (Å²) in [6.45, 7) is 1.54. The average Bonchev–Trinajstić information content (AvgIpc) is 3.03. The number of halogens is 1. The first-order chi connectivity index (χ1) is 12.5. The molecule has 0 unspecified atom stereocenters. The molecule has 3 aromatic rings. The molecule has 2 aromatic heterocycles. The molecule has 0 saturated heterocycles. The Hall–Kier alpha value is -3.20. The summed E-state index contributed by atoms with van der Waals surface area (Å²) in [5.74, 6) is 0.690. The number of aliphatic hydroxyl groups is 1. The molecule has 0 aliphatic heterocycles. The standard InChI is InChI=1S/C17H18FN5O3/c1-10-11(9-24)8-23(22-10)16-15(18)7-19-17(21-16)20-12-4-13(25-2)6-14(5-12)26-3/h4-8,24H,9H2,1-3H3,(H,19,20,21). The lowest BCUT2D eigenvalue weighted by atomic mass is 10.3. The topological polar surface area (TPSA) is 94.3 Å². The number of hydrogen-bond donors (Lipinski definition) is 2. The van der Waals surface area contributed by atoms with E-state index in [0.717, 1.165) is 6.20 Å². The van der Waals surface area contributed by atoms with E-state index in [1.807, 2.05) is 0 Å². The molecule has 1 aromatic carbocycles. The number of aryl methyl sites for hydroxylation is 1. The van der Waals surface area contributed by atoms with Gasteiger partial charge < -0.3 is 19.9 Å². The van der Waals surface area contributed by atoms with Gasteiger partial charge in [0.1, 0.15) is 11.5 Å². The summed E-state index contributed by atoms with van der Waals surface area (Å²) in [6, 6.07) is 5.19. The lowest BCUT2D eigenvalue weighted by molar-refractivity contribution is 0.281. The third-order valence-electron chi connectivity index (χ3n) is 3.72. The number of hydrogen-bond acceptors (Lipinski definition) is 7. The van der Waals surface area contributed by atoms with Crippen LogP contribution in [0.2, 0.25) is 0 Å². The predicted octanol–water partition coefficient (Wildman–Crippen LogP) is 2.36. The van der Waals surface area contributed by atoms with Crippen molar-refractivity contribution in [2.45, 2.75) is 13.5 Å². The Morgan fingerprint density at radius 1 is 1.19 bits per heavy atom. The predicted molar refractivity (Wildman–Crippen MR) is 92.6 cm³/mol. The Morgan fingerprint density at radius 3 is 2.46 bits per heavy atom. The molecule has 0 aliphatic carbocycles. The van der Waals surface area contributed by atoms with Crippen molar-refractivity contribution in [1.82, 2.24) is 19.7 Å². The van der Waals surface area contributed by atoms with E-state index >= 15 is 0 Å². The van der Waals surface area contributed by atoms with Gasteiger partial charge in [0, 0.05) is 35.6 Å². The highest BCUT2D eigenvalue weighted by molar-refractivity contribution is 5.59. The van der Waals surface area contributed by atoms with Gasteiger partial charge in [0.2, 0.25) is 5.95 Å². The molecule has 0 bridgehead atoms. The van der Waals surface area contributed by atoms with E-state index in [-0.39, 0.29) is 18.4 Å². The molecule has 0 saturated carbocycles. The molecular formula is C17H18FN5O3. The third kappa shape index (κ3) is 3.57. The number of benzene rings is 1. The first-order valence-electron chi connectivity index (χ1n) is 7.73. The molecule has 136 valence electrons. The molecular weight excluding hydrogens is 341 g/mol. The van der Waals surface area contributed by atoms with Gasteiger partial charge in [-0.15, -0.1) is 0 Å². The molecule has 3 rings (SSSR count). The van der Waals surface area contributed by atoms with Crippen LogP contribution in [0, 0.1) is 12.7 Å². The van der Waals surface area contributed by atoms with Crippen LogP contribution in [0.25, 0.3) is 5.82 Å². The second kappa shape index (κ2) is 7.36. The molecule has 0 amide bonds. The maximum atomic E-state index is 14.2. The van der Waals surface area contributed by atoms with Gasteiger partial charge in [0.05, 0.1) is 32.7 Å². The third-order valence-corrected chi connectivity index (χ3v) is 3.72. The van der Waals surface area contributed by atoms with Crippen LogP contribution < -0.4 is 14.8 Å². The van der Waals surface area contributed by atoms with Crippen LogP contribution >= 0.6 is 0 Å². The summed E-state index contributed by atoms with van der Waals surface area (Å²) in [5.41, 5.74) is 1.80. The van der Waals surface area contributed by atoms with Crippen molar-refractivity contribution in [3.05, 3.63) is 47.7 Å². The number of ether oxygens (including phenoxy) is 2. The maximum absolute atomic E-state index is 14.2. The minimum atomic E-state index is -0.634. The van der Waals surface area contributed by atoms with Gasteiger partial charge >= 0.3 is 0 Å². The van der Waals surface area contributed by atoms with Gasteiger partial charge in [0.15, 0.2) is 11.6 Å². The Balaban J connectivity index is 1.95. The number of aliphatic hydroxyl groups excluding tert-OH is 1. The largest absolute Gasteiger partial charge is 0.497 e. The summed E-state index contributed by atoms with van der Waals surface area (Å²) in [4.78, 5) is 8.13. The van der Waals surface area contributed by atoms with Crippen molar-refractivity contribution in [3.63, 3.8) is 0 Å². The van der Waals surface area contributed by atoms with Crippen molar-refractivity contribution >= 4 is 11.6 Å². The fraction of sp³-hybridized carbons (Fsp3) is 0.235. The van der Waals surface area contributed by atoms with Crippen molar-refractivity contribution in [1.29, 1.82) is 0 Å². The van der Waals surface area contributed by atoms with Gasteiger partial charge in [-0.05, 0) is 6.92 Å². The quantitative estimate of drug-likeness (QED) is 0.698. The van der Waals surface area contributed by atoms with Crippen molar-refractivity contribution in [3.8, 4) is 17.3 Å². The van der Waals surface area contributed by atoms with Crippen LogP contribution in [0.3, 0.4) is 0 Å². The van der Waals surface area contributed by atoms with E-state index in [0.29, 0.717) is 28.4 Å². The Bertz CT molecular complexity index is 907. The zero-order chi connectivity index (χ0) is 18.7. The summed E-state index contributed by atoms with van der Waals surface area (Å²) >= 11 is 0. The molecule has 26 heavy (non-hydrogen) atoms. The molecule has 0 atom stereocenters. The molecule has 0 fully saturated rings. The number of nitrogens with zero attached hydrogens (tertiary/aromatic N) is 4. The van der Waals surface area contributed by atoms with E-state index in [9.17, 15) is 9.50 Å². The maximum Gasteiger partial charge on any atom is 0.229 e. The number of anilines is 2. The van der Waals surface area contributed by atoms with Crippen LogP contribution in [0.1, 0.15) is 11.3 Å². The minimum Gasteiger partial charge on any atom is -0.497 e. The number of aromatic nitrogens is 4. The molecule has 2 heterocycles. The molecule has 8 nitrogen and oxygen atoms in total. The van der Waals surface area contributed by atoms with E-state index in [1.54, 1.807) is 39.3 Å². The Labute approximate surface area is 149 Å². The first-order valence-corrected chi connectivity index (χ1v) is 7.73. The average molecular weight is 359 g/mol. The van der Waals surface area contributed by atoms with Crippen LogP contribution in [-0.4, -0.2) is 39.1 Å². The highest BCUT2D eigenvalue weighted by Gasteiger charge is 2.13. The zero-order valence-electron chi connectivity index (χ0n) is 14.5. The SMILES string of the molecule is COc1cc(Nc2ncc(F)c(-n3cc(CO)c(C)n3)n2)cc(OC)c1. The van der Waals surface area contributed by atoms with Crippen molar-refractivity contribution in [2.24, 2.45) is 0 Å². The van der Waals surface area contributed by atoms with E-state index in [4.69, 9.17) is 9.47 Å². The molecule has 0 radical (unpaired) electrons. The monoisotopic (exact) mass is 359 g/mol. The smallest absolute Gasteiger partial charge is 0.229 e. The number of methoxy groups -OCH3 is 2. The minimum absolute atomic E-state index is 0.0276. The highest BCUT2D eigenvalue weighted by Crippen LogP contribution is 2.27. The molecule has 2 N–H and O–H groups in total. The molecule has 0 aliphatic rings. The van der Waals surface area contributed by atoms with Crippen LogP contribution in [0.5, 0.6) is 11.5 Å². The van der Waals surface area contributed by atoms with Gasteiger partial charge in [-0.25, -0.2) is 14.1 Å². The van der Waals surface area contributed by atoms with Crippen LogP contribution in [0.4, 0.5) is 16.0 Å². The first kappa shape index (κ1) is 17.6. The normalized spacial score (nSPS) is 10.7. The lowest BCUT2D eigenvalue weighted by Crippen LogP contribution is -2.06. The fourth-order valence-electron chi connectivity index (χ4n) is 2.35. The number of nitrogens with one attached hydrogen (secondary N) is 1. The van der Waals surface area contributed by atoms with Gasteiger partial charge in [-0.1, -0.05) is 0 Å². The summed E-state index contributed by atoms with van der Waals surface area (Å²) in [6.07, 6.45) is 2.58. The van der Waals surface area contributed by atoms with E-state index in [1.165, 1.54) is 10.9 Å². The van der Waals surface area contributed by atoms with Crippen LogP contribution in [-0.2, 0) is 6.61 Å². The van der Waals surface area contributed by atoms with Gasteiger partial charge in [-0.3, -0.25) is 0 Å². The second-order valence-electron chi connectivity index (χ2n) is 5.43. The van der Waals surface area contributed by atoms with E-state index < -0.39 is 5.82 Å². The Kier molecular flexibility index (Phi) is 4.99. The zero-order valence-corrected chi connectivity index (χ0v) is 14.5. The summed E-state index contributed by atoms with van der Waals surface area (Å²) < 4.78 is 25.9. The lowest BCUT2D eigenvalue weighted by Gasteiger charge is -2.10. The van der Waals surface area contributed by atoms with Crippen molar-refractivity contribution < 1.29 is 19.0 Å². The second-order valence-corrected chi connectivity index (χ2v) is 5.43. The summed E-state index contributed by atoms with van der Waals surface area (Å²) in [7, 11) is 3.09. The Morgan fingerprint density at radius 2 is 1.88 bits per heavy atom. The number of rotatable bonds is 6. The summed E-state index contributed by atoms with van der Waals surface area (Å²) in [5, 5.41) is 16.4. The van der Waals surface area contributed by atoms with E-state index in [2.05, 4.69) is 20.4 Å². The van der Waals surface area contributed by atoms with Crippen molar-refractivity contribution in [2.75, 3.05) is 19.5 Å². The van der Waals surface area contributed by atoms with Gasteiger partial charge in [0.25, 0.3) is 0 Å².